The lowest BCUT2D eigenvalue weighted by Gasteiger charge is -2.37. The van der Waals surface area contributed by atoms with Crippen LogP contribution in [0.5, 0.6) is 0 Å². The zero-order valence-electron chi connectivity index (χ0n) is 16.4. The number of benzene rings is 2. The summed E-state index contributed by atoms with van der Waals surface area (Å²) in [5.74, 6) is -1.19. The first kappa shape index (κ1) is 23.3. The normalized spacial score (nSPS) is 20.3. The van der Waals surface area contributed by atoms with E-state index in [2.05, 4.69) is 15.9 Å². The Morgan fingerprint density at radius 2 is 1.73 bits per heavy atom. The maximum atomic E-state index is 13.8. The number of hydrogen-bond donors (Lipinski definition) is 1. The largest absolute Gasteiger partial charge is 0.478 e. The van der Waals surface area contributed by atoms with E-state index in [1.165, 1.54) is 28.6 Å². The zero-order chi connectivity index (χ0) is 22.4. The summed E-state index contributed by atoms with van der Waals surface area (Å²) in [7, 11) is -4.09. The summed E-state index contributed by atoms with van der Waals surface area (Å²) in [6, 6.07) is 9.36. The standard InChI is InChI=1S/C21H20BrCl2NO4S/c1-21(2,3)18-11-13(20(26)27)19(12-8-9-15(23)16(24)10-12)25(18)30(28,29)17-7-5-4-6-14(17)22/h4-11,18-19H,1-3H3,(H,26,27)/t18?,19-/m0/s1. The van der Waals surface area contributed by atoms with Crippen LogP contribution < -0.4 is 0 Å². The third-order valence-electron chi connectivity index (χ3n) is 4.95. The Bertz CT molecular complexity index is 1140. The van der Waals surface area contributed by atoms with Crippen LogP contribution in [0.2, 0.25) is 10.0 Å². The second kappa shape index (κ2) is 8.28. The molecule has 0 saturated heterocycles. The minimum atomic E-state index is -4.09. The van der Waals surface area contributed by atoms with E-state index >= 15 is 0 Å². The van der Waals surface area contributed by atoms with Crippen LogP contribution in [0.1, 0.15) is 32.4 Å². The fraction of sp³-hybridized carbons (Fsp3) is 0.286. The second-order valence-corrected chi connectivity index (χ2v) is 11.6. The Hall–Kier alpha value is -1.38. The minimum absolute atomic E-state index is 0.0241. The van der Waals surface area contributed by atoms with Crippen LogP contribution in [0.3, 0.4) is 0 Å². The number of carboxylic acid groups (broad SMARTS) is 1. The number of halogens is 3. The third kappa shape index (κ3) is 4.18. The average Bonchev–Trinajstić information content (AvgIpc) is 3.06. The smallest absolute Gasteiger partial charge is 0.333 e. The Morgan fingerprint density at radius 1 is 1.10 bits per heavy atom. The van der Waals surface area contributed by atoms with Gasteiger partial charge in [0.2, 0.25) is 10.0 Å². The molecule has 5 nitrogen and oxygen atoms in total. The van der Waals surface area contributed by atoms with Crippen molar-refractivity contribution in [3.63, 3.8) is 0 Å². The highest BCUT2D eigenvalue weighted by atomic mass is 79.9. The zero-order valence-corrected chi connectivity index (χ0v) is 20.3. The molecule has 160 valence electrons. The van der Waals surface area contributed by atoms with Gasteiger partial charge in [-0.2, -0.15) is 4.31 Å². The lowest BCUT2D eigenvalue weighted by molar-refractivity contribution is -0.133. The van der Waals surface area contributed by atoms with Crippen LogP contribution in [0.25, 0.3) is 0 Å². The van der Waals surface area contributed by atoms with Crippen LogP contribution in [0.15, 0.2) is 63.5 Å². The van der Waals surface area contributed by atoms with Gasteiger partial charge in [-0.3, -0.25) is 0 Å². The molecule has 1 heterocycles. The molecule has 0 spiro atoms. The van der Waals surface area contributed by atoms with E-state index in [0.29, 0.717) is 15.1 Å². The molecule has 0 aliphatic carbocycles. The monoisotopic (exact) mass is 531 g/mol. The molecule has 2 atom stereocenters. The number of hydrogen-bond acceptors (Lipinski definition) is 3. The number of rotatable bonds is 4. The summed E-state index contributed by atoms with van der Waals surface area (Å²) >= 11 is 15.5. The number of carboxylic acids is 1. The Morgan fingerprint density at radius 3 is 2.27 bits per heavy atom. The van der Waals surface area contributed by atoms with Crippen LogP contribution in [0.4, 0.5) is 0 Å². The van der Waals surface area contributed by atoms with Crippen LogP contribution in [0, 0.1) is 5.41 Å². The van der Waals surface area contributed by atoms with Crippen molar-refractivity contribution in [3.8, 4) is 0 Å². The molecule has 0 bridgehead atoms. The number of sulfonamides is 1. The Kier molecular flexibility index (Phi) is 6.43. The van der Waals surface area contributed by atoms with Crippen LogP contribution in [-0.4, -0.2) is 29.8 Å². The molecule has 0 aromatic heterocycles. The van der Waals surface area contributed by atoms with Crippen molar-refractivity contribution in [2.24, 2.45) is 5.41 Å². The summed E-state index contributed by atoms with van der Waals surface area (Å²) in [5.41, 5.74) is -0.163. The molecule has 1 aliphatic rings. The number of carbonyl (C=O) groups is 1. The van der Waals surface area contributed by atoms with Gasteiger partial charge < -0.3 is 5.11 Å². The van der Waals surface area contributed by atoms with Gasteiger partial charge in [0, 0.05) is 10.5 Å². The average molecular weight is 533 g/mol. The summed E-state index contributed by atoms with van der Waals surface area (Å²) in [6.45, 7) is 5.61. The van der Waals surface area contributed by atoms with Gasteiger partial charge in [0.25, 0.3) is 0 Å². The molecule has 0 amide bonds. The molecule has 3 rings (SSSR count). The number of nitrogens with zero attached hydrogens (tertiary/aromatic N) is 1. The maximum absolute atomic E-state index is 13.8. The number of aliphatic carboxylic acids is 1. The lowest BCUT2D eigenvalue weighted by Crippen LogP contribution is -2.45. The van der Waals surface area contributed by atoms with Crippen molar-refractivity contribution in [2.45, 2.75) is 37.8 Å². The minimum Gasteiger partial charge on any atom is -0.478 e. The molecular formula is C21H20BrCl2NO4S. The van der Waals surface area contributed by atoms with E-state index in [0.717, 1.165) is 0 Å². The topological polar surface area (TPSA) is 74.7 Å². The van der Waals surface area contributed by atoms with Crippen molar-refractivity contribution in [1.82, 2.24) is 4.31 Å². The van der Waals surface area contributed by atoms with E-state index in [9.17, 15) is 18.3 Å². The Balaban J connectivity index is 2.30. The van der Waals surface area contributed by atoms with Crippen molar-refractivity contribution >= 4 is 55.1 Å². The van der Waals surface area contributed by atoms with Gasteiger partial charge in [0.05, 0.1) is 26.6 Å². The molecule has 1 aliphatic heterocycles. The van der Waals surface area contributed by atoms with Gasteiger partial charge >= 0.3 is 5.97 Å². The molecule has 0 fully saturated rings. The molecule has 1 N–H and O–H groups in total. The molecule has 30 heavy (non-hydrogen) atoms. The van der Waals surface area contributed by atoms with Gasteiger partial charge in [0.1, 0.15) is 0 Å². The lowest BCUT2D eigenvalue weighted by atomic mass is 9.87. The molecule has 9 heteroatoms. The van der Waals surface area contributed by atoms with Crippen LogP contribution in [-0.2, 0) is 14.8 Å². The molecular weight excluding hydrogens is 513 g/mol. The summed E-state index contributed by atoms with van der Waals surface area (Å²) < 4.78 is 29.3. The van der Waals surface area contributed by atoms with E-state index in [-0.39, 0.29) is 15.5 Å². The van der Waals surface area contributed by atoms with Crippen LogP contribution >= 0.6 is 39.1 Å². The van der Waals surface area contributed by atoms with Gasteiger partial charge in [0.15, 0.2) is 0 Å². The highest BCUT2D eigenvalue weighted by Crippen LogP contribution is 2.47. The maximum Gasteiger partial charge on any atom is 0.333 e. The van der Waals surface area contributed by atoms with E-state index < -0.39 is 33.5 Å². The SMILES string of the molecule is CC(C)(C)C1C=C(C(=O)O)[C@H](c2ccc(Cl)c(Cl)c2)N1S(=O)(=O)c1ccccc1Br. The summed E-state index contributed by atoms with van der Waals surface area (Å²) in [6.07, 6.45) is 1.52. The first-order valence-electron chi connectivity index (χ1n) is 9.03. The first-order valence-corrected chi connectivity index (χ1v) is 12.0. The summed E-state index contributed by atoms with van der Waals surface area (Å²) in [4.78, 5) is 12.2. The van der Waals surface area contributed by atoms with E-state index in [1.54, 1.807) is 24.3 Å². The molecule has 1 unspecified atom stereocenters. The quantitative estimate of drug-likeness (QED) is 0.529. The predicted octanol–water partition coefficient (Wildman–Crippen LogP) is 5.93. The van der Waals surface area contributed by atoms with Crippen molar-refractivity contribution in [1.29, 1.82) is 0 Å². The predicted molar refractivity (Wildman–Crippen MR) is 121 cm³/mol. The molecule has 2 aromatic rings. The van der Waals surface area contributed by atoms with Gasteiger partial charge in [-0.1, -0.05) is 68.2 Å². The van der Waals surface area contributed by atoms with Gasteiger partial charge in [-0.05, 0) is 51.2 Å². The summed E-state index contributed by atoms with van der Waals surface area (Å²) in [5, 5.41) is 10.4. The molecule has 0 saturated carbocycles. The molecule has 0 radical (unpaired) electrons. The van der Waals surface area contributed by atoms with Gasteiger partial charge in [-0.25, -0.2) is 13.2 Å². The highest BCUT2D eigenvalue weighted by Gasteiger charge is 2.50. The van der Waals surface area contributed by atoms with E-state index in [1.807, 2.05) is 20.8 Å². The van der Waals surface area contributed by atoms with E-state index in [4.69, 9.17) is 23.2 Å². The molecule has 2 aromatic carbocycles. The van der Waals surface area contributed by atoms with Gasteiger partial charge in [-0.15, -0.1) is 0 Å². The van der Waals surface area contributed by atoms with Crippen molar-refractivity contribution < 1.29 is 18.3 Å². The fourth-order valence-corrected chi connectivity index (χ4v) is 6.70. The third-order valence-corrected chi connectivity index (χ3v) is 8.54. The van der Waals surface area contributed by atoms with Crippen molar-refractivity contribution in [3.05, 3.63) is 74.2 Å². The fourth-order valence-electron chi connectivity index (χ4n) is 3.52. The second-order valence-electron chi connectivity index (χ2n) is 8.08. The van der Waals surface area contributed by atoms with Crippen molar-refractivity contribution in [2.75, 3.05) is 0 Å². The highest BCUT2D eigenvalue weighted by molar-refractivity contribution is 9.10. The first-order chi connectivity index (χ1) is 13.9. The Labute approximate surface area is 194 Å².